The van der Waals surface area contributed by atoms with Gasteiger partial charge in [0.25, 0.3) is 5.91 Å². The van der Waals surface area contributed by atoms with Gasteiger partial charge in [0, 0.05) is 44.4 Å². The molecule has 160 valence electrons. The van der Waals surface area contributed by atoms with Crippen molar-refractivity contribution in [2.75, 3.05) is 32.7 Å². The summed E-state index contributed by atoms with van der Waals surface area (Å²) in [6.07, 6.45) is 3.71. The van der Waals surface area contributed by atoms with Gasteiger partial charge in [0.15, 0.2) is 0 Å². The number of amides is 1. The molecule has 0 radical (unpaired) electrons. The Balaban J connectivity index is 1.36. The first kappa shape index (κ1) is 20.9. The number of pyridine rings is 1. The molecule has 0 bridgehead atoms. The lowest BCUT2D eigenvalue weighted by Crippen LogP contribution is -2.60. The third kappa shape index (κ3) is 4.68. The highest BCUT2D eigenvalue weighted by atomic mass is 19.1. The van der Waals surface area contributed by atoms with Crippen molar-refractivity contribution in [3.8, 4) is 0 Å². The minimum absolute atomic E-state index is 0.0783. The van der Waals surface area contributed by atoms with E-state index in [-0.39, 0.29) is 23.4 Å². The van der Waals surface area contributed by atoms with E-state index in [2.05, 4.69) is 9.88 Å². The molecule has 1 aromatic carbocycles. The van der Waals surface area contributed by atoms with Gasteiger partial charge in [-0.25, -0.2) is 8.78 Å². The molecule has 1 unspecified atom stereocenters. The Bertz CT molecular complexity index is 900. The fraction of sp³-hybridized carbons (Fsp3) is 0.478. The van der Waals surface area contributed by atoms with Gasteiger partial charge in [0.2, 0.25) is 0 Å². The van der Waals surface area contributed by atoms with Gasteiger partial charge in [0.1, 0.15) is 11.6 Å². The molecule has 1 atom stereocenters. The number of aromatic nitrogens is 1. The average Bonchev–Trinajstić information content (AvgIpc) is 2.73. The van der Waals surface area contributed by atoms with Crippen molar-refractivity contribution in [2.24, 2.45) is 0 Å². The lowest BCUT2D eigenvalue weighted by atomic mass is 9.88. The first-order valence-electron chi connectivity index (χ1n) is 10.5. The Morgan fingerprint density at radius 1 is 1.23 bits per heavy atom. The SMILES string of the molecule is CC1CN(C(=O)c2cccc(F)c2)CC2(CCN(CCc3ncccc3F)CC2)O1. The van der Waals surface area contributed by atoms with Gasteiger partial charge in [-0.15, -0.1) is 0 Å². The van der Waals surface area contributed by atoms with Gasteiger partial charge >= 0.3 is 0 Å². The number of carbonyl (C=O) groups is 1. The molecule has 2 aliphatic heterocycles. The standard InChI is InChI=1S/C23H27F2N3O2/c1-17-15-28(22(29)18-4-2-5-19(24)14-18)16-23(30-17)8-12-27(13-9-23)11-7-21-20(25)6-3-10-26-21/h2-6,10,14,17H,7-9,11-13,15-16H2,1H3. The van der Waals surface area contributed by atoms with Crippen LogP contribution in [-0.2, 0) is 11.2 Å². The number of morpholine rings is 1. The molecule has 1 aromatic heterocycles. The third-order valence-corrected chi connectivity index (χ3v) is 6.03. The van der Waals surface area contributed by atoms with E-state index in [9.17, 15) is 13.6 Å². The Hall–Kier alpha value is -2.38. The number of benzene rings is 1. The quantitative estimate of drug-likeness (QED) is 0.769. The van der Waals surface area contributed by atoms with Crippen molar-refractivity contribution in [2.45, 2.75) is 37.9 Å². The van der Waals surface area contributed by atoms with Crippen LogP contribution in [0.4, 0.5) is 8.78 Å². The summed E-state index contributed by atoms with van der Waals surface area (Å²) < 4.78 is 33.7. The van der Waals surface area contributed by atoms with Gasteiger partial charge in [-0.2, -0.15) is 0 Å². The van der Waals surface area contributed by atoms with Crippen LogP contribution in [0, 0.1) is 11.6 Å². The molecule has 30 heavy (non-hydrogen) atoms. The monoisotopic (exact) mass is 415 g/mol. The van der Waals surface area contributed by atoms with Gasteiger partial charge in [-0.05, 0) is 50.1 Å². The van der Waals surface area contributed by atoms with Gasteiger partial charge in [0.05, 0.1) is 23.9 Å². The van der Waals surface area contributed by atoms with E-state index in [0.29, 0.717) is 30.8 Å². The molecule has 2 aliphatic rings. The van der Waals surface area contributed by atoms with E-state index in [4.69, 9.17) is 4.74 Å². The second-order valence-corrected chi connectivity index (χ2v) is 8.33. The summed E-state index contributed by atoms with van der Waals surface area (Å²) in [4.78, 5) is 21.1. The van der Waals surface area contributed by atoms with E-state index in [1.165, 1.54) is 18.2 Å². The van der Waals surface area contributed by atoms with Crippen LogP contribution in [-0.4, -0.2) is 65.1 Å². The zero-order valence-corrected chi connectivity index (χ0v) is 17.2. The molecule has 7 heteroatoms. The van der Waals surface area contributed by atoms with E-state index in [0.717, 1.165) is 32.5 Å². The number of halogens is 2. The van der Waals surface area contributed by atoms with Gasteiger partial charge < -0.3 is 14.5 Å². The number of carbonyl (C=O) groups excluding carboxylic acids is 1. The van der Waals surface area contributed by atoms with Crippen molar-refractivity contribution < 1.29 is 18.3 Å². The summed E-state index contributed by atoms with van der Waals surface area (Å²) in [5.74, 6) is -0.825. The first-order valence-corrected chi connectivity index (χ1v) is 10.5. The average molecular weight is 415 g/mol. The summed E-state index contributed by atoms with van der Waals surface area (Å²) in [6.45, 7) is 5.37. The fourth-order valence-corrected chi connectivity index (χ4v) is 4.51. The summed E-state index contributed by atoms with van der Waals surface area (Å²) in [5, 5.41) is 0. The maximum atomic E-state index is 13.8. The van der Waals surface area contributed by atoms with E-state index < -0.39 is 5.82 Å². The minimum Gasteiger partial charge on any atom is -0.368 e. The zero-order chi connectivity index (χ0) is 21.1. The van der Waals surface area contributed by atoms with Crippen LogP contribution in [0.15, 0.2) is 42.6 Å². The fourth-order valence-electron chi connectivity index (χ4n) is 4.51. The van der Waals surface area contributed by atoms with Gasteiger partial charge in [-0.3, -0.25) is 9.78 Å². The van der Waals surface area contributed by atoms with Crippen LogP contribution in [0.1, 0.15) is 35.8 Å². The molecule has 5 nitrogen and oxygen atoms in total. The molecular weight excluding hydrogens is 388 g/mol. The summed E-state index contributed by atoms with van der Waals surface area (Å²) in [6, 6.07) is 8.88. The topological polar surface area (TPSA) is 45.7 Å². The van der Waals surface area contributed by atoms with E-state index >= 15 is 0 Å². The smallest absolute Gasteiger partial charge is 0.254 e. The van der Waals surface area contributed by atoms with Crippen molar-refractivity contribution >= 4 is 5.91 Å². The zero-order valence-electron chi connectivity index (χ0n) is 17.2. The lowest BCUT2D eigenvalue weighted by Gasteiger charge is -2.49. The first-order chi connectivity index (χ1) is 14.4. The largest absolute Gasteiger partial charge is 0.368 e. The highest BCUT2D eigenvalue weighted by molar-refractivity contribution is 5.94. The molecule has 2 saturated heterocycles. The molecule has 1 amide bonds. The molecule has 0 saturated carbocycles. The second kappa shape index (κ2) is 8.78. The number of rotatable bonds is 4. The molecular formula is C23H27F2N3O2. The predicted molar refractivity (Wildman–Crippen MR) is 109 cm³/mol. The molecule has 4 rings (SSSR count). The number of nitrogens with zero attached hydrogens (tertiary/aromatic N) is 3. The highest BCUT2D eigenvalue weighted by Crippen LogP contribution is 2.33. The maximum absolute atomic E-state index is 13.8. The summed E-state index contributed by atoms with van der Waals surface area (Å²) >= 11 is 0. The van der Waals surface area contributed by atoms with Gasteiger partial charge in [-0.1, -0.05) is 6.07 Å². The Morgan fingerprint density at radius 3 is 2.77 bits per heavy atom. The molecule has 0 N–H and O–H groups in total. The normalized spacial score (nSPS) is 21.7. The number of piperidine rings is 1. The summed E-state index contributed by atoms with van der Waals surface area (Å²) in [5.41, 5.74) is 0.481. The number of ether oxygens (including phenoxy) is 1. The molecule has 2 aromatic rings. The molecule has 2 fully saturated rings. The Labute approximate surface area is 175 Å². The second-order valence-electron chi connectivity index (χ2n) is 8.33. The maximum Gasteiger partial charge on any atom is 0.254 e. The van der Waals surface area contributed by atoms with Crippen LogP contribution in [0.25, 0.3) is 0 Å². The lowest BCUT2D eigenvalue weighted by molar-refractivity contribution is -0.161. The highest BCUT2D eigenvalue weighted by Gasteiger charge is 2.43. The van der Waals surface area contributed by atoms with Crippen LogP contribution in [0.2, 0.25) is 0 Å². The Kier molecular flexibility index (Phi) is 6.11. The van der Waals surface area contributed by atoms with E-state index in [1.54, 1.807) is 29.3 Å². The van der Waals surface area contributed by atoms with Crippen LogP contribution in [0.5, 0.6) is 0 Å². The number of likely N-dealkylation sites (tertiary alicyclic amines) is 1. The summed E-state index contributed by atoms with van der Waals surface area (Å²) in [7, 11) is 0. The number of hydrogen-bond acceptors (Lipinski definition) is 4. The molecule has 3 heterocycles. The minimum atomic E-state index is -0.408. The Morgan fingerprint density at radius 2 is 2.03 bits per heavy atom. The van der Waals surface area contributed by atoms with Crippen LogP contribution in [0.3, 0.4) is 0 Å². The third-order valence-electron chi connectivity index (χ3n) is 6.03. The van der Waals surface area contributed by atoms with Crippen LogP contribution < -0.4 is 0 Å². The predicted octanol–water partition coefficient (Wildman–Crippen LogP) is 3.30. The van der Waals surface area contributed by atoms with Crippen molar-refractivity contribution in [1.82, 2.24) is 14.8 Å². The van der Waals surface area contributed by atoms with E-state index in [1.807, 2.05) is 6.92 Å². The number of hydrogen-bond donors (Lipinski definition) is 0. The van der Waals surface area contributed by atoms with Crippen molar-refractivity contribution in [3.63, 3.8) is 0 Å². The van der Waals surface area contributed by atoms with Crippen LogP contribution >= 0.6 is 0 Å². The van der Waals surface area contributed by atoms with Crippen molar-refractivity contribution in [1.29, 1.82) is 0 Å². The molecule has 0 aliphatic carbocycles. The molecule has 1 spiro atoms. The van der Waals surface area contributed by atoms with Crippen molar-refractivity contribution in [3.05, 3.63) is 65.5 Å².